The summed E-state index contributed by atoms with van der Waals surface area (Å²) in [6.07, 6.45) is -4.26. The maximum Gasteiger partial charge on any atom is 0.416 e. The number of thiol groups is 1. The van der Waals surface area contributed by atoms with E-state index >= 15 is 0 Å². The Kier molecular flexibility index (Phi) is 2.37. The predicted octanol–water partition coefficient (Wildman–Crippen LogP) is 3.30. The van der Waals surface area contributed by atoms with Gasteiger partial charge in [0, 0.05) is 4.90 Å². The molecule has 0 N–H and O–H groups in total. The first-order valence-corrected chi connectivity index (χ1v) is 3.73. The molecule has 4 heteroatoms. The second-order valence-electron chi connectivity index (χ2n) is 2.50. The first-order valence-electron chi connectivity index (χ1n) is 3.28. The summed E-state index contributed by atoms with van der Waals surface area (Å²) in [6, 6.07) is 3.46. The fraction of sp³-hybridized carbons (Fsp3) is 0.250. The molecule has 0 bridgehead atoms. The molecule has 0 atom stereocenters. The van der Waals surface area contributed by atoms with E-state index in [9.17, 15) is 13.2 Å². The first-order chi connectivity index (χ1) is 5.41. The molecule has 0 saturated carbocycles. The summed E-state index contributed by atoms with van der Waals surface area (Å²) in [5.74, 6) is 0. The van der Waals surface area contributed by atoms with Crippen molar-refractivity contribution in [3.8, 4) is 0 Å². The molecule has 0 nitrogen and oxygen atoms in total. The van der Waals surface area contributed by atoms with Gasteiger partial charge in [-0.15, -0.1) is 12.6 Å². The van der Waals surface area contributed by atoms with Gasteiger partial charge < -0.3 is 0 Å². The molecule has 0 heterocycles. The number of benzene rings is 1. The smallest absolute Gasteiger partial charge is 0.166 e. The monoisotopic (exact) mass is 192 g/mol. The number of hydrogen-bond donors (Lipinski definition) is 1. The Balaban J connectivity index is 3.14. The van der Waals surface area contributed by atoms with Gasteiger partial charge in [-0.1, -0.05) is 0 Å². The van der Waals surface area contributed by atoms with Crippen molar-refractivity contribution in [1.29, 1.82) is 0 Å². The van der Waals surface area contributed by atoms with E-state index in [0.29, 0.717) is 10.5 Å². The highest BCUT2D eigenvalue weighted by atomic mass is 32.1. The van der Waals surface area contributed by atoms with Gasteiger partial charge in [0.25, 0.3) is 0 Å². The van der Waals surface area contributed by atoms with Gasteiger partial charge in [0.15, 0.2) is 0 Å². The third-order valence-corrected chi connectivity index (χ3v) is 2.03. The zero-order valence-corrected chi connectivity index (χ0v) is 7.21. The van der Waals surface area contributed by atoms with Crippen LogP contribution in [0.15, 0.2) is 23.1 Å². The van der Waals surface area contributed by atoms with Crippen molar-refractivity contribution in [2.45, 2.75) is 18.0 Å². The van der Waals surface area contributed by atoms with Gasteiger partial charge in [-0.05, 0) is 30.7 Å². The molecule has 1 aromatic carbocycles. The van der Waals surface area contributed by atoms with E-state index in [4.69, 9.17) is 0 Å². The fourth-order valence-electron chi connectivity index (χ4n) is 0.832. The van der Waals surface area contributed by atoms with Gasteiger partial charge in [0.05, 0.1) is 5.56 Å². The Labute approximate surface area is 73.8 Å². The summed E-state index contributed by atoms with van der Waals surface area (Å²) in [7, 11) is 0. The molecule has 0 spiro atoms. The van der Waals surface area contributed by atoms with Crippen LogP contribution in [-0.4, -0.2) is 0 Å². The average molecular weight is 192 g/mol. The molecule has 0 aliphatic rings. The van der Waals surface area contributed by atoms with Gasteiger partial charge >= 0.3 is 6.18 Å². The first kappa shape index (κ1) is 9.45. The molecular formula is C8H7F3S. The minimum absolute atomic E-state index is 0.535. The molecule has 0 aliphatic carbocycles. The topological polar surface area (TPSA) is 0 Å². The molecule has 0 aromatic heterocycles. The van der Waals surface area contributed by atoms with E-state index in [2.05, 4.69) is 12.6 Å². The van der Waals surface area contributed by atoms with Crippen LogP contribution in [-0.2, 0) is 6.18 Å². The van der Waals surface area contributed by atoms with Crippen molar-refractivity contribution < 1.29 is 13.2 Å². The summed E-state index contributed by atoms with van der Waals surface area (Å²) in [5, 5.41) is 0. The van der Waals surface area contributed by atoms with Crippen molar-refractivity contribution in [3.05, 3.63) is 29.3 Å². The molecule has 0 unspecified atom stereocenters. The van der Waals surface area contributed by atoms with Crippen LogP contribution in [0.3, 0.4) is 0 Å². The molecule has 0 saturated heterocycles. The molecule has 0 aliphatic heterocycles. The normalized spacial score (nSPS) is 11.8. The average Bonchev–Trinajstić information content (AvgIpc) is 1.92. The van der Waals surface area contributed by atoms with E-state index in [1.165, 1.54) is 6.07 Å². The van der Waals surface area contributed by atoms with Crippen LogP contribution >= 0.6 is 12.6 Å². The number of alkyl halides is 3. The van der Waals surface area contributed by atoms with Crippen LogP contribution in [0.5, 0.6) is 0 Å². The quantitative estimate of drug-likeness (QED) is 0.599. The lowest BCUT2D eigenvalue weighted by Gasteiger charge is -2.07. The molecule has 0 radical (unpaired) electrons. The maximum absolute atomic E-state index is 12.1. The summed E-state index contributed by atoms with van der Waals surface area (Å²) in [5.41, 5.74) is -0.0917. The standard InChI is InChI=1S/C8H7F3S/c1-5-4-6(8(9,10)11)2-3-7(5)12/h2-4,12H,1H3. The van der Waals surface area contributed by atoms with Crippen molar-refractivity contribution in [2.24, 2.45) is 0 Å². The second-order valence-corrected chi connectivity index (χ2v) is 2.98. The van der Waals surface area contributed by atoms with Crippen molar-refractivity contribution in [1.82, 2.24) is 0 Å². The molecule has 0 amide bonds. The predicted molar refractivity (Wildman–Crippen MR) is 43.4 cm³/mol. The molecule has 66 valence electrons. The lowest BCUT2D eigenvalue weighted by Crippen LogP contribution is -2.04. The zero-order chi connectivity index (χ0) is 9.35. The summed E-state index contributed by atoms with van der Waals surface area (Å²) in [6.45, 7) is 1.59. The highest BCUT2D eigenvalue weighted by Gasteiger charge is 2.30. The third-order valence-electron chi connectivity index (χ3n) is 1.52. The zero-order valence-electron chi connectivity index (χ0n) is 6.31. The lowest BCUT2D eigenvalue weighted by molar-refractivity contribution is -0.137. The highest BCUT2D eigenvalue weighted by molar-refractivity contribution is 7.80. The Morgan fingerprint density at radius 3 is 2.25 bits per heavy atom. The van der Waals surface area contributed by atoms with Gasteiger partial charge in [-0.25, -0.2) is 0 Å². The Bertz CT molecular complexity index is 291. The minimum atomic E-state index is -4.26. The Hall–Kier alpha value is -0.640. The minimum Gasteiger partial charge on any atom is -0.166 e. The SMILES string of the molecule is Cc1cc(C(F)(F)F)ccc1S. The largest absolute Gasteiger partial charge is 0.416 e. The number of rotatable bonds is 0. The number of hydrogen-bond acceptors (Lipinski definition) is 1. The summed E-state index contributed by atoms with van der Waals surface area (Å²) < 4.78 is 36.2. The number of halogens is 3. The van der Waals surface area contributed by atoms with Crippen molar-refractivity contribution in [3.63, 3.8) is 0 Å². The summed E-state index contributed by atoms with van der Waals surface area (Å²) >= 11 is 3.97. The lowest BCUT2D eigenvalue weighted by atomic mass is 10.1. The van der Waals surface area contributed by atoms with Crippen LogP contribution in [0.25, 0.3) is 0 Å². The van der Waals surface area contributed by atoms with Crippen LogP contribution in [0.2, 0.25) is 0 Å². The van der Waals surface area contributed by atoms with Gasteiger partial charge in [0.1, 0.15) is 0 Å². The maximum atomic E-state index is 12.1. The van der Waals surface area contributed by atoms with Crippen molar-refractivity contribution in [2.75, 3.05) is 0 Å². The van der Waals surface area contributed by atoms with Crippen molar-refractivity contribution >= 4 is 12.6 Å². The van der Waals surface area contributed by atoms with Crippen LogP contribution in [0.1, 0.15) is 11.1 Å². The Morgan fingerprint density at radius 2 is 1.83 bits per heavy atom. The number of aryl methyl sites for hydroxylation is 1. The molecule has 1 aromatic rings. The van der Waals surface area contributed by atoms with Crippen LogP contribution in [0.4, 0.5) is 13.2 Å². The highest BCUT2D eigenvalue weighted by Crippen LogP contribution is 2.30. The molecule has 1 rings (SSSR count). The second kappa shape index (κ2) is 3.01. The molecular weight excluding hydrogens is 185 g/mol. The van der Waals surface area contributed by atoms with E-state index in [0.717, 1.165) is 12.1 Å². The molecule has 0 fully saturated rings. The van der Waals surface area contributed by atoms with E-state index in [-0.39, 0.29) is 0 Å². The van der Waals surface area contributed by atoms with Crippen LogP contribution in [0, 0.1) is 6.92 Å². The van der Waals surface area contributed by atoms with Gasteiger partial charge in [0.2, 0.25) is 0 Å². The van der Waals surface area contributed by atoms with E-state index in [1.54, 1.807) is 6.92 Å². The van der Waals surface area contributed by atoms with Crippen LogP contribution < -0.4 is 0 Å². The third kappa shape index (κ3) is 1.94. The Morgan fingerprint density at radius 1 is 1.25 bits per heavy atom. The van der Waals surface area contributed by atoms with E-state index < -0.39 is 11.7 Å². The summed E-state index contributed by atoms with van der Waals surface area (Å²) in [4.78, 5) is 0.572. The van der Waals surface area contributed by atoms with Gasteiger partial charge in [-0.3, -0.25) is 0 Å². The van der Waals surface area contributed by atoms with E-state index in [1.807, 2.05) is 0 Å². The van der Waals surface area contributed by atoms with Gasteiger partial charge in [-0.2, -0.15) is 13.2 Å². The fourth-order valence-corrected chi connectivity index (χ4v) is 0.971. The molecule has 12 heavy (non-hydrogen) atoms.